The van der Waals surface area contributed by atoms with Crippen molar-refractivity contribution in [3.05, 3.63) is 23.8 Å². The number of hydrogen-bond acceptors (Lipinski definition) is 3. The molecule has 3 nitrogen and oxygen atoms in total. The Balaban J connectivity index is 1.94. The lowest BCUT2D eigenvalue weighted by Crippen LogP contribution is -2.22. The van der Waals surface area contributed by atoms with Crippen LogP contribution in [0, 0.1) is 5.92 Å². The second-order valence-electron chi connectivity index (χ2n) is 5.67. The number of nitrogen functional groups attached to an aromatic ring is 1. The lowest BCUT2D eigenvalue weighted by Gasteiger charge is -2.28. The first-order chi connectivity index (χ1) is 9.72. The number of ether oxygens (including phenoxy) is 2. The summed E-state index contributed by atoms with van der Waals surface area (Å²) >= 11 is 0. The largest absolute Gasteiger partial charge is 0.494 e. The fourth-order valence-corrected chi connectivity index (χ4v) is 2.98. The van der Waals surface area contributed by atoms with Gasteiger partial charge in [0.15, 0.2) is 0 Å². The molecule has 1 aliphatic carbocycles. The minimum absolute atomic E-state index is 0.393. The van der Waals surface area contributed by atoms with Gasteiger partial charge in [-0.3, -0.25) is 0 Å². The predicted molar refractivity (Wildman–Crippen MR) is 82.8 cm³/mol. The van der Waals surface area contributed by atoms with Crippen LogP contribution in [0.15, 0.2) is 18.2 Å². The molecule has 0 radical (unpaired) electrons. The van der Waals surface area contributed by atoms with Gasteiger partial charge in [-0.25, -0.2) is 0 Å². The monoisotopic (exact) mass is 277 g/mol. The van der Waals surface area contributed by atoms with Crippen LogP contribution >= 0.6 is 0 Å². The molecule has 2 N–H and O–H groups in total. The van der Waals surface area contributed by atoms with Crippen molar-refractivity contribution in [2.45, 2.75) is 58.7 Å². The van der Waals surface area contributed by atoms with Gasteiger partial charge in [-0.1, -0.05) is 26.2 Å². The molecular formula is C17H27NO2. The number of rotatable bonds is 6. The molecule has 112 valence electrons. The summed E-state index contributed by atoms with van der Waals surface area (Å²) in [6.07, 6.45) is 6.69. The van der Waals surface area contributed by atoms with E-state index in [0.717, 1.165) is 22.9 Å². The second kappa shape index (κ2) is 7.53. The lowest BCUT2D eigenvalue weighted by molar-refractivity contribution is 0.000962. The Kier molecular flexibility index (Phi) is 5.72. The van der Waals surface area contributed by atoms with E-state index >= 15 is 0 Å². The molecule has 1 fully saturated rings. The maximum absolute atomic E-state index is 6.11. The highest BCUT2D eigenvalue weighted by molar-refractivity contribution is 5.47. The van der Waals surface area contributed by atoms with Crippen LogP contribution in [-0.2, 0) is 11.3 Å². The molecule has 0 heterocycles. The van der Waals surface area contributed by atoms with E-state index in [1.165, 1.54) is 32.1 Å². The van der Waals surface area contributed by atoms with Crippen molar-refractivity contribution in [3.8, 4) is 5.75 Å². The summed E-state index contributed by atoms with van der Waals surface area (Å²) in [5.74, 6) is 1.73. The van der Waals surface area contributed by atoms with Crippen LogP contribution in [0.4, 0.5) is 5.69 Å². The third-order valence-corrected chi connectivity index (χ3v) is 4.17. The Labute approximate surface area is 122 Å². The van der Waals surface area contributed by atoms with Gasteiger partial charge in [0, 0.05) is 11.3 Å². The van der Waals surface area contributed by atoms with Crippen molar-refractivity contribution in [2.24, 2.45) is 5.92 Å². The second-order valence-corrected chi connectivity index (χ2v) is 5.67. The van der Waals surface area contributed by atoms with Crippen molar-refractivity contribution < 1.29 is 9.47 Å². The van der Waals surface area contributed by atoms with E-state index in [0.29, 0.717) is 19.3 Å². The van der Waals surface area contributed by atoms with Gasteiger partial charge >= 0.3 is 0 Å². The maximum atomic E-state index is 6.11. The van der Waals surface area contributed by atoms with Crippen LogP contribution in [-0.4, -0.2) is 12.7 Å². The molecular weight excluding hydrogens is 250 g/mol. The molecule has 0 spiro atoms. The summed E-state index contributed by atoms with van der Waals surface area (Å²) in [5.41, 5.74) is 7.69. The lowest BCUT2D eigenvalue weighted by atomic mass is 9.85. The molecule has 1 saturated carbocycles. The van der Waals surface area contributed by atoms with Crippen molar-refractivity contribution in [3.63, 3.8) is 0 Å². The van der Waals surface area contributed by atoms with Crippen LogP contribution in [0.3, 0.4) is 0 Å². The van der Waals surface area contributed by atoms with Gasteiger partial charge in [0.1, 0.15) is 5.75 Å². The Morgan fingerprint density at radius 2 is 2.10 bits per heavy atom. The summed E-state index contributed by atoms with van der Waals surface area (Å²) in [6, 6.07) is 5.78. The van der Waals surface area contributed by atoms with E-state index < -0.39 is 0 Å². The molecule has 0 aromatic heterocycles. The van der Waals surface area contributed by atoms with Crippen LogP contribution in [0.25, 0.3) is 0 Å². The van der Waals surface area contributed by atoms with Gasteiger partial charge < -0.3 is 15.2 Å². The smallest absolute Gasteiger partial charge is 0.124 e. The van der Waals surface area contributed by atoms with E-state index in [9.17, 15) is 0 Å². The molecule has 2 unspecified atom stereocenters. The Morgan fingerprint density at radius 3 is 2.85 bits per heavy atom. The third-order valence-electron chi connectivity index (χ3n) is 4.17. The van der Waals surface area contributed by atoms with Crippen LogP contribution in [0.5, 0.6) is 5.75 Å². The summed E-state index contributed by atoms with van der Waals surface area (Å²) in [6.45, 7) is 5.53. The molecule has 2 atom stereocenters. The highest BCUT2D eigenvalue weighted by Crippen LogP contribution is 2.30. The molecule has 0 saturated heterocycles. The zero-order valence-electron chi connectivity index (χ0n) is 12.7. The third kappa shape index (κ3) is 4.14. The first-order valence-electron chi connectivity index (χ1n) is 7.85. The average molecular weight is 277 g/mol. The Bertz CT molecular complexity index is 419. The van der Waals surface area contributed by atoms with Gasteiger partial charge in [-0.15, -0.1) is 0 Å². The predicted octanol–water partition coefficient (Wildman–Crippen LogP) is 4.15. The molecule has 0 amide bonds. The molecule has 1 aromatic carbocycles. The maximum Gasteiger partial charge on any atom is 0.124 e. The summed E-state index contributed by atoms with van der Waals surface area (Å²) in [4.78, 5) is 0. The minimum atomic E-state index is 0.393. The summed E-state index contributed by atoms with van der Waals surface area (Å²) < 4.78 is 11.7. The number of nitrogens with two attached hydrogens (primary N) is 1. The summed E-state index contributed by atoms with van der Waals surface area (Å²) in [5, 5.41) is 0. The first kappa shape index (κ1) is 15.2. The standard InChI is InChI=1S/C17H27NO2/c1-3-13-6-5-7-16(10-13)20-12-14-11-15(18)8-9-17(14)19-4-2/h8-9,11,13,16H,3-7,10,12,18H2,1-2H3. The zero-order valence-corrected chi connectivity index (χ0v) is 12.7. The molecule has 0 aliphatic heterocycles. The van der Waals surface area contributed by atoms with E-state index in [2.05, 4.69) is 6.92 Å². The van der Waals surface area contributed by atoms with E-state index in [1.807, 2.05) is 25.1 Å². The molecule has 3 heteroatoms. The van der Waals surface area contributed by atoms with Crippen molar-refractivity contribution in [1.29, 1.82) is 0 Å². The van der Waals surface area contributed by atoms with Crippen LogP contribution in [0.2, 0.25) is 0 Å². The quantitative estimate of drug-likeness (QED) is 0.794. The van der Waals surface area contributed by atoms with Gasteiger partial charge in [0.25, 0.3) is 0 Å². The van der Waals surface area contributed by atoms with Crippen molar-refractivity contribution >= 4 is 5.69 Å². The SMILES string of the molecule is CCOc1ccc(N)cc1COC1CCCC(CC)C1. The number of hydrogen-bond donors (Lipinski definition) is 1. The Hall–Kier alpha value is -1.22. The Morgan fingerprint density at radius 1 is 1.25 bits per heavy atom. The molecule has 20 heavy (non-hydrogen) atoms. The number of benzene rings is 1. The fraction of sp³-hybridized carbons (Fsp3) is 0.647. The molecule has 2 rings (SSSR count). The van der Waals surface area contributed by atoms with Gasteiger partial charge in [-0.05, 0) is 43.9 Å². The average Bonchev–Trinajstić information content (AvgIpc) is 2.48. The highest BCUT2D eigenvalue weighted by atomic mass is 16.5. The van der Waals surface area contributed by atoms with Crippen LogP contribution in [0.1, 0.15) is 51.5 Å². The van der Waals surface area contributed by atoms with Crippen LogP contribution < -0.4 is 10.5 Å². The first-order valence-corrected chi connectivity index (χ1v) is 7.85. The minimum Gasteiger partial charge on any atom is -0.494 e. The zero-order chi connectivity index (χ0) is 14.4. The molecule has 0 bridgehead atoms. The van der Waals surface area contributed by atoms with E-state index in [-0.39, 0.29) is 0 Å². The normalized spacial score (nSPS) is 22.7. The highest BCUT2D eigenvalue weighted by Gasteiger charge is 2.21. The molecule has 1 aromatic rings. The fourth-order valence-electron chi connectivity index (χ4n) is 2.98. The van der Waals surface area contributed by atoms with Crippen molar-refractivity contribution in [2.75, 3.05) is 12.3 Å². The van der Waals surface area contributed by atoms with Gasteiger partial charge in [0.2, 0.25) is 0 Å². The molecule has 1 aliphatic rings. The number of anilines is 1. The van der Waals surface area contributed by atoms with Crippen molar-refractivity contribution in [1.82, 2.24) is 0 Å². The topological polar surface area (TPSA) is 44.5 Å². The van der Waals surface area contributed by atoms with E-state index in [4.69, 9.17) is 15.2 Å². The van der Waals surface area contributed by atoms with Gasteiger partial charge in [-0.2, -0.15) is 0 Å². The van der Waals surface area contributed by atoms with Gasteiger partial charge in [0.05, 0.1) is 19.3 Å². The summed E-state index contributed by atoms with van der Waals surface area (Å²) in [7, 11) is 0. The van der Waals surface area contributed by atoms with E-state index in [1.54, 1.807) is 0 Å².